The van der Waals surface area contributed by atoms with Crippen LogP contribution < -0.4 is 21.3 Å². The van der Waals surface area contributed by atoms with E-state index >= 15 is 0 Å². The van der Waals surface area contributed by atoms with E-state index in [4.69, 9.17) is 0 Å². The Morgan fingerprint density at radius 1 is 1.09 bits per heavy atom. The number of nitrogens with zero attached hydrogens (tertiary/aromatic N) is 1. The summed E-state index contributed by atoms with van der Waals surface area (Å²) < 4.78 is 0. The molecule has 0 spiro atoms. The Hall–Kier alpha value is -3.39. The summed E-state index contributed by atoms with van der Waals surface area (Å²) in [6.45, 7) is 9.62. The van der Waals surface area contributed by atoms with Crippen LogP contribution in [-0.2, 0) is 5.60 Å². The molecule has 8 heteroatoms. The van der Waals surface area contributed by atoms with E-state index in [1.54, 1.807) is 50.2 Å². The second-order valence-electron chi connectivity index (χ2n) is 9.08. The molecule has 1 fully saturated rings. The molecule has 2 aromatic rings. The summed E-state index contributed by atoms with van der Waals surface area (Å²) in [4.78, 5) is 29.1. The van der Waals surface area contributed by atoms with Crippen molar-refractivity contribution in [3.05, 3.63) is 59.2 Å². The van der Waals surface area contributed by atoms with Crippen LogP contribution in [0.25, 0.3) is 0 Å². The summed E-state index contributed by atoms with van der Waals surface area (Å²) in [6, 6.07) is 12.2. The lowest BCUT2D eigenvalue weighted by molar-refractivity contribution is 0.0792. The number of rotatable bonds is 8. The molecule has 1 saturated heterocycles. The second-order valence-corrected chi connectivity index (χ2v) is 9.08. The van der Waals surface area contributed by atoms with Crippen molar-refractivity contribution in [1.29, 1.82) is 0 Å². The SMILES string of the molecule is CC(C)CCNC(=O)c1cccc(Nc2ccc(C(=O)N=C3NCCN3)cc2C(C)(C)O)c1. The van der Waals surface area contributed by atoms with Gasteiger partial charge in [0.25, 0.3) is 11.8 Å². The van der Waals surface area contributed by atoms with Crippen LogP contribution in [0.4, 0.5) is 11.4 Å². The molecule has 0 atom stereocenters. The maximum Gasteiger partial charge on any atom is 0.280 e. The summed E-state index contributed by atoms with van der Waals surface area (Å²) in [7, 11) is 0. The first-order chi connectivity index (χ1) is 15.6. The molecule has 1 heterocycles. The van der Waals surface area contributed by atoms with E-state index in [-0.39, 0.29) is 5.91 Å². The molecular formula is C25H33N5O3. The maximum absolute atomic E-state index is 12.6. The predicted molar refractivity (Wildman–Crippen MR) is 131 cm³/mol. The largest absolute Gasteiger partial charge is 0.386 e. The predicted octanol–water partition coefficient (Wildman–Crippen LogP) is 3.12. The van der Waals surface area contributed by atoms with E-state index in [2.05, 4.69) is 40.1 Å². The van der Waals surface area contributed by atoms with E-state index in [9.17, 15) is 14.7 Å². The van der Waals surface area contributed by atoms with Crippen molar-refractivity contribution in [3.63, 3.8) is 0 Å². The van der Waals surface area contributed by atoms with Gasteiger partial charge < -0.3 is 26.4 Å². The molecule has 2 aromatic carbocycles. The maximum atomic E-state index is 12.6. The van der Waals surface area contributed by atoms with Gasteiger partial charge in [-0.2, -0.15) is 4.99 Å². The summed E-state index contributed by atoms with van der Waals surface area (Å²) in [5, 5.41) is 23.0. The average Bonchev–Trinajstić information content (AvgIpc) is 3.26. The summed E-state index contributed by atoms with van der Waals surface area (Å²) in [6.07, 6.45) is 0.918. The molecule has 8 nitrogen and oxygen atoms in total. The highest BCUT2D eigenvalue weighted by Crippen LogP contribution is 2.31. The van der Waals surface area contributed by atoms with Gasteiger partial charge in [-0.15, -0.1) is 0 Å². The third-order valence-electron chi connectivity index (χ3n) is 5.26. The lowest BCUT2D eigenvalue weighted by Gasteiger charge is -2.23. The van der Waals surface area contributed by atoms with Gasteiger partial charge in [-0.1, -0.05) is 19.9 Å². The van der Waals surface area contributed by atoms with Crippen LogP contribution in [0.1, 0.15) is 60.4 Å². The lowest BCUT2D eigenvalue weighted by Crippen LogP contribution is -2.25. The van der Waals surface area contributed by atoms with E-state index in [1.807, 2.05) is 6.07 Å². The summed E-state index contributed by atoms with van der Waals surface area (Å²) in [5.41, 5.74) is 1.61. The highest BCUT2D eigenvalue weighted by Gasteiger charge is 2.23. The number of carbonyl (C=O) groups excluding carboxylic acids is 2. The van der Waals surface area contributed by atoms with Gasteiger partial charge in [-0.05, 0) is 62.6 Å². The van der Waals surface area contributed by atoms with Gasteiger partial charge in [0.1, 0.15) is 0 Å². The molecule has 0 unspecified atom stereocenters. The number of amides is 2. The molecule has 0 saturated carbocycles. The molecule has 0 aliphatic carbocycles. The van der Waals surface area contributed by atoms with E-state index in [0.717, 1.165) is 19.5 Å². The quantitative estimate of drug-likeness (QED) is 0.421. The van der Waals surface area contributed by atoms with Crippen molar-refractivity contribution in [2.45, 2.75) is 39.7 Å². The molecule has 0 bridgehead atoms. The van der Waals surface area contributed by atoms with Crippen LogP contribution >= 0.6 is 0 Å². The Balaban J connectivity index is 1.81. The molecule has 176 valence electrons. The van der Waals surface area contributed by atoms with E-state index in [1.165, 1.54) is 0 Å². The normalized spacial score (nSPS) is 13.3. The molecule has 3 rings (SSSR count). The van der Waals surface area contributed by atoms with Crippen LogP contribution in [0.3, 0.4) is 0 Å². The Morgan fingerprint density at radius 3 is 2.48 bits per heavy atom. The van der Waals surface area contributed by atoms with Crippen LogP contribution in [-0.4, -0.2) is 42.5 Å². The topological polar surface area (TPSA) is 115 Å². The zero-order chi connectivity index (χ0) is 24.0. The van der Waals surface area contributed by atoms with Crippen molar-refractivity contribution in [3.8, 4) is 0 Å². The number of nitrogens with one attached hydrogen (secondary N) is 4. The first-order valence-corrected chi connectivity index (χ1v) is 11.3. The second kappa shape index (κ2) is 10.5. The fourth-order valence-corrected chi connectivity index (χ4v) is 3.43. The number of hydrogen-bond donors (Lipinski definition) is 5. The Kier molecular flexibility index (Phi) is 7.71. The Morgan fingerprint density at radius 2 is 1.82 bits per heavy atom. The van der Waals surface area contributed by atoms with Gasteiger partial charge in [0.2, 0.25) is 0 Å². The molecule has 0 radical (unpaired) electrons. The van der Waals surface area contributed by atoms with Gasteiger partial charge in [0.15, 0.2) is 5.96 Å². The highest BCUT2D eigenvalue weighted by atomic mass is 16.3. The van der Waals surface area contributed by atoms with Gasteiger partial charge in [-0.25, -0.2) is 0 Å². The van der Waals surface area contributed by atoms with Gasteiger partial charge >= 0.3 is 0 Å². The standard InChI is InChI=1S/C25H33N5O3/c1-16(2)10-11-26-22(31)17-6-5-7-19(14-17)29-21-9-8-18(15-20(21)25(3,4)33)23(32)30-24-27-12-13-28-24/h5-9,14-16,29,33H,10-13H2,1-4H3,(H,26,31)(H2,27,28,30,32). The minimum absolute atomic E-state index is 0.129. The molecule has 5 N–H and O–H groups in total. The van der Waals surface area contributed by atoms with Crippen LogP contribution in [0.15, 0.2) is 47.5 Å². The number of benzene rings is 2. The number of aliphatic hydroxyl groups is 1. The van der Waals surface area contributed by atoms with Crippen molar-refractivity contribution in [1.82, 2.24) is 16.0 Å². The Bertz CT molecular complexity index is 1030. The van der Waals surface area contributed by atoms with E-state index < -0.39 is 11.5 Å². The van der Waals surface area contributed by atoms with Gasteiger partial charge in [0.05, 0.1) is 5.60 Å². The number of aliphatic imine (C=N–C) groups is 1. The van der Waals surface area contributed by atoms with E-state index in [0.29, 0.717) is 46.5 Å². The molecule has 2 amide bonds. The first kappa shape index (κ1) is 24.3. The molecule has 0 aromatic heterocycles. The van der Waals surface area contributed by atoms with Crippen LogP contribution in [0, 0.1) is 5.92 Å². The molecule has 1 aliphatic rings. The average molecular weight is 452 g/mol. The Labute approximate surface area is 194 Å². The third-order valence-corrected chi connectivity index (χ3v) is 5.26. The number of hydrogen-bond acceptors (Lipinski definition) is 4. The van der Waals surface area contributed by atoms with Crippen molar-refractivity contribution in [2.75, 3.05) is 25.0 Å². The van der Waals surface area contributed by atoms with Crippen LogP contribution in [0.2, 0.25) is 0 Å². The van der Waals surface area contributed by atoms with Crippen molar-refractivity contribution < 1.29 is 14.7 Å². The zero-order valence-electron chi connectivity index (χ0n) is 19.7. The van der Waals surface area contributed by atoms with Gasteiger partial charge in [0, 0.05) is 47.7 Å². The molecule has 33 heavy (non-hydrogen) atoms. The fourth-order valence-electron chi connectivity index (χ4n) is 3.43. The lowest BCUT2D eigenvalue weighted by atomic mass is 9.94. The fraction of sp³-hybridized carbons (Fsp3) is 0.400. The molecule has 1 aliphatic heterocycles. The number of guanidine groups is 1. The monoisotopic (exact) mass is 451 g/mol. The number of carbonyl (C=O) groups is 2. The zero-order valence-corrected chi connectivity index (χ0v) is 19.7. The minimum Gasteiger partial charge on any atom is -0.386 e. The summed E-state index contributed by atoms with van der Waals surface area (Å²) >= 11 is 0. The smallest absolute Gasteiger partial charge is 0.280 e. The summed E-state index contributed by atoms with van der Waals surface area (Å²) in [5.74, 6) is 0.446. The molecular weight excluding hydrogens is 418 g/mol. The number of anilines is 2. The van der Waals surface area contributed by atoms with Gasteiger partial charge in [-0.3, -0.25) is 9.59 Å². The third kappa shape index (κ3) is 6.79. The highest BCUT2D eigenvalue weighted by molar-refractivity contribution is 6.03. The van der Waals surface area contributed by atoms with Crippen molar-refractivity contribution >= 4 is 29.1 Å². The van der Waals surface area contributed by atoms with Crippen LogP contribution in [0.5, 0.6) is 0 Å². The van der Waals surface area contributed by atoms with Crippen molar-refractivity contribution in [2.24, 2.45) is 10.9 Å². The minimum atomic E-state index is -1.21. The first-order valence-electron chi connectivity index (χ1n) is 11.3.